The van der Waals surface area contributed by atoms with Gasteiger partial charge in [-0.25, -0.2) is 0 Å². The van der Waals surface area contributed by atoms with Gasteiger partial charge in [-0.3, -0.25) is 20.2 Å². The van der Waals surface area contributed by atoms with Crippen LogP contribution in [0.5, 0.6) is 5.75 Å². The molecule has 5 nitrogen and oxygen atoms in total. The van der Waals surface area contributed by atoms with Gasteiger partial charge in [0.2, 0.25) is 0 Å². The second-order valence-electron chi connectivity index (χ2n) is 4.30. The van der Waals surface area contributed by atoms with E-state index in [1.807, 2.05) is 0 Å². The molecule has 1 aromatic carbocycles. The van der Waals surface area contributed by atoms with Gasteiger partial charge in [0.1, 0.15) is 11.3 Å². The van der Waals surface area contributed by atoms with Crippen LogP contribution >= 0.6 is 12.2 Å². The molecule has 2 rings (SSSR count). The molecule has 19 heavy (non-hydrogen) atoms. The zero-order valence-corrected chi connectivity index (χ0v) is 11.2. The number of hydrogen-bond acceptors (Lipinski definition) is 4. The van der Waals surface area contributed by atoms with Crippen LogP contribution in [-0.4, -0.2) is 22.0 Å². The smallest absolute Gasteiger partial charge is 0.263 e. The van der Waals surface area contributed by atoms with Gasteiger partial charge in [0.15, 0.2) is 5.11 Å². The molecule has 1 fully saturated rings. The maximum Gasteiger partial charge on any atom is 0.263 e. The molecule has 1 aromatic rings. The van der Waals surface area contributed by atoms with Gasteiger partial charge in [-0.05, 0) is 61.0 Å². The van der Waals surface area contributed by atoms with Crippen LogP contribution in [0.1, 0.15) is 16.7 Å². The molecule has 0 saturated carbocycles. The van der Waals surface area contributed by atoms with Crippen molar-refractivity contribution in [3.8, 4) is 5.75 Å². The van der Waals surface area contributed by atoms with Gasteiger partial charge >= 0.3 is 0 Å². The summed E-state index contributed by atoms with van der Waals surface area (Å²) in [6.07, 6.45) is 1.46. The van der Waals surface area contributed by atoms with Crippen LogP contribution in [0.25, 0.3) is 6.08 Å². The van der Waals surface area contributed by atoms with Gasteiger partial charge in [0, 0.05) is 0 Å². The van der Waals surface area contributed by atoms with Gasteiger partial charge in [0.25, 0.3) is 11.8 Å². The van der Waals surface area contributed by atoms with Gasteiger partial charge in [0.05, 0.1) is 0 Å². The topological polar surface area (TPSA) is 78.4 Å². The predicted octanol–water partition coefficient (Wildman–Crippen LogP) is 0.923. The molecule has 1 heterocycles. The molecular weight excluding hydrogens is 264 g/mol. The third-order valence-corrected chi connectivity index (χ3v) is 2.97. The van der Waals surface area contributed by atoms with Crippen LogP contribution in [0.2, 0.25) is 0 Å². The minimum atomic E-state index is -0.530. The average molecular weight is 276 g/mol. The summed E-state index contributed by atoms with van der Waals surface area (Å²) >= 11 is 4.71. The number of phenols is 1. The van der Waals surface area contributed by atoms with Crippen LogP contribution in [-0.2, 0) is 9.59 Å². The molecule has 1 saturated heterocycles. The number of benzene rings is 1. The Labute approximate surface area is 115 Å². The second kappa shape index (κ2) is 4.81. The largest absolute Gasteiger partial charge is 0.507 e. The summed E-state index contributed by atoms with van der Waals surface area (Å²) in [6.45, 7) is 3.50. The molecule has 3 N–H and O–H groups in total. The highest BCUT2D eigenvalue weighted by Gasteiger charge is 2.25. The van der Waals surface area contributed by atoms with Crippen LogP contribution in [0.15, 0.2) is 17.7 Å². The number of hydrogen-bond donors (Lipinski definition) is 3. The van der Waals surface area contributed by atoms with Crippen molar-refractivity contribution in [3.63, 3.8) is 0 Å². The number of amides is 2. The van der Waals surface area contributed by atoms with Gasteiger partial charge in [-0.1, -0.05) is 0 Å². The van der Waals surface area contributed by atoms with Gasteiger partial charge < -0.3 is 5.11 Å². The highest BCUT2D eigenvalue weighted by Crippen LogP contribution is 2.24. The minimum Gasteiger partial charge on any atom is -0.507 e. The highest BCUT2D eigenvalue weighted by atomic mass is 32.1. The maximum atomic E-state index is 11.7. The summed E-state index contributed by atoms with van der Waals surface area (Å²) in [5.41, 5.74) is 2.01. The second-order valence-corrected chi connectivity index (χ2v) is 4.71. The molecule has 0 bridgehead atoms. The number of rotatable bonds is 1. The zero-order chi connectivity index (χ0) is 14.2. The van der Waals surface area contributed by atoms with E-state index in [9.17, 15) is 14.7 Å². The number of phenolic OH excluding ortho intramolecular Hbond substituents is 1. The van der Waals surface area contributed by atoms with Crippen molar-refractivity contribution in [2.75, 3.05) is 0 Å². The van der Waals surface area contributed by atoms with E-state index >= 15 is 0 Å². The van der Waals surface area contributed by atoms with Gasteiger partial charge in [-0.2, -0.15) is 0 Å². The Bertz CT molecular complexity index is 590. The summed E-state index contributed by atoms with van der Waals surface area (Å²) in [4.78, 5) is 23.4. The zero-order valence-electron chi connectivity index (χ0n) is 10.4. The Hall–Kier alpha value is -2.21. The van der Waals surface area contributed by atoms with E-state index < -0.39 is 11.8 Å². The van der Waals surface area contributed by atoms with Crippen molar-refractivity contribution < 1.29 is 14.7 Å². The van der Waals surface area contributed by atoms with Crippen molar-refractivity contribution >= 4 is 35.2 Å². The van der Waals surface area contributed by atoms with Crippen LogP contribution in [0, 0.1) is 13.8 Å². The van der Waals surface area contributed by atoms with Crippen LogP contribution < -0.4 is 10.6 Å². The van der Waals surface area contributed by atoms with Crippen molar-refractivity contribution in [3.05, 3.63) is 34.4 Å². The van der Waals surface area contributed by atoms with E-state index in [1.165, 1.54) is 6.08 Å². The lowest BCUT2D eigenvalue weighted by atomic mass is 10.0. The standard InChI is InChI=1S/C13H12N2O3S/c1-6-3-8(4-7(2)10(6)16)5-9-11(17)14-13(19)15-12(9)18/h3-5,16H,1-2H3,(H2,14,15,17,18,19). The minimum absolute atomic E-state index is 0.00483. The monoisotopic (exact) mass is 276 g/mol. The first-order valence-corrected chi connectivity index (χ1v) is 5.98. The highest BCUT2D eigenvalue weighted by molar-refractivity contribution is 7.80. The molecular formula is C13H12N2O3S. The molecule has 0 radical (unpaired) electrons. The Morgan fingerprint density at radius 3 is 2.05 bits per heavy atom. The first-order chi connectivity index (χ1) is 8.88. The number of carbonyl (C=O) groups is 2. The van der Waals surface area contributed by atoms with Crippen molar-refractivity contribution in [1.29, 1.82) is 0 Å². The molecule has 0 atom stereocenters. The number of nitrogens with one attached hydrogen (secondary N) is 2. The lowest BCUT2D eigenvalue weighted by Crippen LogP contribution is -2.51. The Morgan fingerprint density at radius 1 is 1.11 bits per heavy atom. The van der Waals surface area contributed by atoms with Crippen LogP contribution in [0.4, 0.5) is 0 Å². The number of thiocarbonyl (C=S) groups is 1. The summed E-state index contributed by atoms with van der Waals surface area (Å²) < 4.78 is 0. The summed E-state index contributed by atoms with van der Waals surface area (Å²) in [7, 11) is 0. The average Bonchev–Trinajstić information content (AvgIpc) is 2.30. The number of aromatic hydroxyl groups is 1. The number of carbonyl (C=O) groups excluding carboxylic acids is 2. The van der Waals surface area contributed by atoms with E-state index in [1.54, 1.807) is 26.0 Å². The first-order valence-electron chi connectivity index (χ1n) is 5.57. The first kappa shape index (κ1) is 13.2. The van der Waals surface area contributed by atoms with Crippen LogP contribution in [0.3, 0.4) is 0 Å². The van der Waals surface area contributed by atoms with E-state index in [2.05, 4.69) is 10.6 Å². The molecule has 0 aromatic heterocycles. The molecule has 98 valence electrons. The molecule has 1 aliphatic heterocycles. The predicted molar refractivity (Wildman–Crippen MR) is 74.4 cm³/mol. The molecule has 0 aliphatic carbocycles. The fourth-order valence-electron chi connectivity index (χ4n) is 1.85. The lowest BCUT2D eigenvalue weighted by molar-refractivity contribution is -0.123. The van der Waals surface area contributed by atoms with E-state index in [0.29, 0.717) is 16.7 Å². The number of aryl methyl sites for hydroxylation is 2. The Morgan fingerprint density at radius 2 is 1.58 bits per heavy atom. The normalized spacial score (nSPS) is 15.1. The fraction of sp³-hybridized carbons (Fsp3) is 0.154. The van der Waals surface area contributed by atoms with E-state index in [0.717, 1.165) is 0 Å². The SMILES string of the molecule is Cc1cc(C=C2C(=O)NC(=S)NC2=O)cc(C)c1O. The molecule has 0 unspecified atom stereocenters. The van der Waals surface area contributed by atoms with Crippen molar-refractivity contribution in [2.45, 2.75) is 13.8 Å². The third kappa shape index (κ3) is 2.63. The van der Waals surface area contributed by atoms with Crippen molar-refractivity contribution in [2.24, 2.45) is 0 Å². The molecule has 2 amide bonds. The fourth-order valence-corrected chi connectivity index (χ4v) is 2.03. The maximum absolute atomic E-state index is 11.7. The van der Waals surface area contributed by atoms with E-state index in [4.69, 9.17) is 12.2 Å². The molecule has 1 aliphatic rings. The summed E-state index contributed by atoms with van der Waals surface area (Å²) in [5.74, 6) is -0.852. The third-order valence-electron chi connectivity index (χ3n) is 2.77. The van der Waals surface area contributed by atoms with Crippen molar-refractivity contribution in [1.82, 2.24) is 10.6 Å². The summed E-state index contributed by atoms with van der Waals surface area (Å²) in [6, 6.07) is 3.39. The van der Waals surface area contributed by atoms with Gasteiger partial charge in [-0.15, -0.1) is 0 Å². The molecule has 0 spiro atoms. The Kier molecular flexibility index (Phi) is 3.35. The summed E-state index contributed by atoms with van der Waals surface area (Å²) in [5, 5.41) is 14.4. The lowest BCUT2D eigenvalue weighted by Gasteiger charge is -2.16. The molecule has 6 heteroatoms. The van der Waals surface area contributed by atoms with E-state index in [-0.39, 0.29) is 16.4 Å². The quantitative estimate of drug-likeness (QED) is 0.405. The Balaban J connectivity index is 2.43.